The summed E-state index contributed by atoms with van der Waals surface area (Å²) in [6.07, 6.45) is -2.01. The Morgan fingerprint density at radius 1 is 1.15 bits per heavy atom. The number of para-hydroxylation sites is 2. The van der Waals surface area contributed by atoms with Crippen LogP contribution in [0.4, 0.5) is 16.2 Å². The molecule has 0 aromatic heterocycles. The van der Waals surface area contributed by atoms with Crippen LogP contribution in [0.1, 0.15) is 0 Å². The summed E-state index contributed by atoms with van der Waals surface area (Å²) in [5.41, 5.74) is 1.62. The van der Waals surface area contributed by atoms with Gasteiger partial charge in [-0.15, -0.1) is 0 Å². The molecule has 4 atom stereocenters. The van der Waals surface area contributed by atoms with Gasteiger partial charge in [0.15, 0.2) is 0 Å². The molecule has 4 N–H and O–H groups in total. The standard InChI is InChI=1S/C24H31ClN4O5/c1-33-19-8-3-2-7-18(19)28-9-11-29(12-10-28)22-20(34-21(15-30)23(22)31)14-26-24(32)27-17-6-4-5-16(25)13-17/h2-8,13,20-23,30-31H,9-12,14-15H2,1H3,(H2,26,27,32)/t20-,21+,22+,23-/m1/s1. The van der Waals surface area contributed by atoms with Gasteiger partial charge in [0.1, 0.15) is 18.0 Å². The molecule has 2 aromatic rings. The van der Waals surface area contributed by atoms with Crippen LogP contribution in [0.5, 0.6) is 5.75 Å². The summed E-state index contributed by atoms with van der Waals surface area (Å²) in [5.74, 6) is 0.827. The molecule has 0 bridgehead atoms. The third-order valence-corrected chi connectivity index (χ3v) is 6.58. The highest BCUT2D eigenvalue weighted by Gasteiger charge is 2.46. The van der Waals surface area contributed by atoms with Crippen LogP contribution in [-0.4, -0.2) is 91.9 Å². The second-order valence-corrected chi connectivity index (χ2v) is 8.85. The maximum Gasteiger partial charge on any atom is 0.319 e. The lowest BCUT2D eigenvalue weighted by Gasteiger charge is -2.41. The van der Waals surface area contributed by atoms with Gasteiger partial charge in [-0.25, -0.2) is 4.79 Å². The minimum absolute atomic E-state index is 0.192. The summed E-state index contributed by atoms with van der Waals surface area (Å²) in [7, 11) is 1.66. The molecular formula is C24H31ClN4O5. The molecule has 2 saturated heterocycles. The van der Waals surface area contributed by atoms with Crippen molar-refractivity contribution in [3.05, 3.63) is 53.6 Å². The summed E-state index contributed by atoms with van der Waals surface area (Å²) < 4.78 is 11.4. The molecule has 0 unspecified atom stereocenters. The van der Waals surface area contributed by atoms with Gasteiger partial charge in [-0.3, -0.25) is 4.90 Å². The highest BCUT2D eigenvalue weighted by Crippen LogP contribution is 2.31. The van der Waals surface area contributed by atoms with E-state index in [1.807, 2.05) is 24.3 Å². The van der Waals surface area contributed by atoms with Crippen LogP contribution >= 0.6 is 11.6 Å². The van der Waals surface area contributed by atoms with Crippen LogP contribution < -0.4 is 20.3 Å². The number of hydrogen-bond acceptors (Lipinski definition) is 7. The second-order valence-electron chi connectivity index (χ2n) is 8.42. The Kier molecular flexibility index (Phi) is 8.12. The molecule has 2 aliphatic heterocycles. The van der Waals surface area contributed by atoms with Crippen molar-refractivity contribution in [1.82, 2.24) is 10.2 Å². The minimum atomic E-state index is -0.856. The van der Waals surface area contributed by atoms with Gasteiger partial charge in [0.25, 0.3) is 0 Å². The number of hydrogen-bond donors (Lipinski definition) is 4. The van der Waals surface area contributed by atoms with Gasteiger partial charge in [0.05, 0.1) is 31.5 Å². The summed E-state index contributed by atoms with van der Waals surface area (Å²) in [6.45, 7) is 2.81. The maximum atomic E-state index is 12.4. The predicted octanol–water partition coefficient (Wildman–Crippen LogP) is 1.78. The van der Waals surface area contributed by atoms with Crippen molar-refractivity contribution in [2.75, 3.05) is 56.7 Å². The molecule has 2 aromatic carbocycles. The molecule has 2 fully saturated rings. The van der Waals surface area contributed by atoms with Crippen molar-refractivity contribution in [2.24, 2.45) is 0 Å². The van der Waals surface area contributed by atoms with E-state index in [9.17, 15) is 15.0 Å². The number of piperazine rings is 1. The molecule has 4 rings (SSSR count). The number of aliphatic hydroxyl groups is 2. The van der Waals surface area contributed by atoms with Crippen molar-refractivity contribution in [3.63, 3.8) is 0 Å². The van der Waals surface area contributed by atoms with Crippen LogP contribution in [-0.2, 0) is 4.74 Å². The average Bonchev–Trinajstić information content (AvgIpc) is 3.18. The molecule has 9 nitrogen and oxygen atoms in total. The van der Waals surface area contributed by atoms with Gasteiger partial charge in [0, 0.05) is 43.4 Å². The Hall–Kier alpha value is -2.56. The SMILES string of the molecule is COc1ccccc1N1CCN([C@@H]2[C@H](O)[C@H](CO)O[C@@H]2CNC(=O)Nc2cccc(Cl)c2)CC1. The predicted molar refractivity (Wildman–Crippen MR) is 131 cm³/mol. The highest BCUT2D eigenvalue weighted by molar-refractivity contribution is 6.30. The monoisotopic (exact) mass is 490 g/mol. The lowest BCUT2D eigenvalue weighted by atomic mass is 10.0. The summed E-state index contributed by atoms with van der Waals surface area (Å²) in [6, 6.07) is 14.0. The number of rotatable bonds is 7. The summed E-state index contributed by atoms with van der Waals surface area (Å²) in [4.78, 5) is 16.8. The molecule has 0 aliphatic carbocycles. The van der Waals surface area contributed by atoms with Crippen LogP contribution in [0.15, 0.2) is 48.5 Å². The largest absolute Gasteiger partial charge is 0.495 e. The van der Waals surface area contributed by atoms with Crippen molar-refractivity contribution in [1.29, 1.82) is 0 Å². The summed E-state index contributed by atoms with van der Waals surface area (Å²) in [5, 5.41) is 26.6. The van der Waals surface area contributed by atoms with Crippen molar-refractivity contribution >= 4 is 29.0 Å². The Labute approximate surface area is 204 Å². The van der Waals surface area contributed by atoms with E-state index in [2.05, 4.69) is 20.4 Å². The fraction of sp³-hybridized carbons (Fsp3) is 0.458. The number of urea groups is 1. The van der Waals surface area contributed by atoms with Crippen LogP contribution in [0, 0.1) is 0 Å². The minimum Gasteiger partial charge on any atom is -0.495 e. The molecule has 2 aliphatic rings. The van der Waals surface area contributed by atoms with Crippen molar-refractivity contribution in [3.8, 4) is 5.75 Å². The fourth-order valence-electron chi connectivity index (χ4n) is 4.68. The van der Waals surface area contributed by atoms with E-state index in [4.69, 9.17) is 21.1 Å². The van der Waals surface area contributed by atoms with Crippen LogP contribution in [0.3, 0.4) is 0 Å². The Morgan fingerprint density at radius 3 is 2.62 bits per heavy atom. The van der Waals surface area contributed by atoms with E-state index >= 15 is 0 Å². The summed E-state index contributed by atoms with van der Waals surface area (Å²) >= 11 is 5.97. The van der Waals surface area contributed by atoms with Gasteiger partial charge >= 0.3 is 6.03 Å². The van der Waals surface area contributed by atoms with Crippen molar-refractivity contribution < 1.29 is 24.5 Å². The molecule has 2 heterocycles. The molecule has 184 valence electrons. The third-order valence-electron chi connectivity index (χ3n) is 6.35. The van der Waals surface area contributed by atoms with E-state index in [-0.39, 0.29) is 19.2 Å². The van der Waals surface area contributed by atoms with Gasteiger partial charge in [-0.05, 0) is 30.3 Å². The number of amides is 2. The van der Waals surface area contributed by atoms with E-state index < -0.39 is 24.3 Å². The van der Waals surface area contributed by atoms with Gasteiger partial charge in [-0.1, -0.05) is 29.8 Å². The Bertz CT molecular complexity index is 972. The fourth-order valence-corrected chi connectivity index (χ4v) is 4.87. The van der Waals surface area contributed by atoms with Crippen molar-refractivity contribution in [2.45, 2.75) is 24.4 Å². The quantitative estimate of drug-likeness (QED) is 0.468. The molecule has 0 saturated carbocycles. The second kappa shape index (κ2) is 11.2. The van der Waals surface area contributed by atoms with E-state index in [1.165, 1.54) is 0 Å². The molecule has 2 amide bonds. The Morgan fingerprint density at radius 2 is 1.91 bits per heavy atom. The number of halogens is 1. The topological polar surface area (TPSA) is 107 Å². The van der Waals surface area contributed by atoms with E-state index in [0.29, 0.717) is 23.8 Å². The smallest absolute Gasteiger partial charge is 0.319 e. The van der Waals surface area contributed by atoms with Gasteiger partial charge in [-0.2, -0.15) is 0 Å². The maximum absolute atomic E-state index is 12.4. The molecule has 34 heavy (non-hydrogen) atoms. The Balaban J connectivity index is 1.37. The zero-order valence-corrected chi connectivity index (χ0v) is 19.8. The molecule has 0 radical (unpaired) electrons. The van der Waals surface area contributed by atoms with Gasteiger partial charge in [0.2, 0.25) is 0 Å². The molecule has 10 heteroatoms. The molecular weight excluding hydrogens is 460 g/mol. The van der Waals surface area contributed by atoms with Crippen LogP contribution in [0.25, 0.3) is 0 Å². The first-order valence-corrected chi connectivity index (χ1v) is 11.7. The van der Waals surface area contributed by atoms with E-state index in [1.54, 1.807) is 31.4 Å². The first-order valence-electron chi connectivity index (χ1n) is 11.4. The number of nitrogens with zero attached hydrogens (tertiary/aromatic N) is 2. The number of anilines is 2. The zero-order chi connectivity index (χ0) is 24.1. The third kappa shape index (κ3) is 5.56. The average molecular weight is 491 g/mol. The first-order chi connectivity index (χ1) is 16.5. The molecule has 0 spiro atoms. The number of benzene rings is 2. The number of methoxy groups -OCH3 is 1. The van der Waals surface area contributed by atoms with Gasteiger partial charge < -0.3 is 35.2 Å². The normalized spacial score (nSPS) is 25.2. The number of carbonyl (C=O) groups is 1. The lowest BCUT2D eigenvalue weighted by Crippen LogP contribution is -2.57. The zero-order valence-electron chi connectivity index (χ0n) is 19.1. The van der Waals surface area contributed by atoms with E-state index in [0.717, 1.165) is 24.5 Å². The number of carbonyl (C=O) groups excluding carboxylic acids is 1. The highest BCUT2D eigenvalue weighted by atomic mass is 35.5. The number of ether oxygens (including phenoxy) is 2. The number of nitrogens with one attached hydrogen (secondary N) is 2. The lowest BCUT2D eigenvalue weighted by molar-refractivity contribution is -0.0205. The first kappa shape index (κ1) is 24.6. The van der Waals surface area contributed by atoms with Crippen LogP contribution in [0.2, 0.25) is 5.02 Å². The number of aliphatic hydroxyl groups excluding tert-OH is 2.